The van der Waals surface area contributed by atoms with E-state index in [1.165, 1.54) is 12.1 Å². The predicted molar refractivity (Wildman–Crippen MR) is 96.3 cm³/mol. The Balaban J connectivity index is 1.68. The van der Waals surface area contributed by atoms with E-state index in [0.29, 0.717) is 23.7 Å². The second-order valence-corrected chi connectivity index (χ2v) is 8.09. The maximum Gasteiger partial charge on any atom is 0.309 e. The zero-order valence-electron chi connectivity index (χ0n) is 15.0. The van der Waals surface area contributed by atoms with Crippen molar-refractivity contribution in [2.24, 2.45) is 4.99 Å². The molecule has 0 bridgehead atoms. The number of nitrogens with zero attached hydrogens (tertiary/aromatic N) is 2. The van der Waals surface area contributed by atoms with Crippen molar-refractivity contribution in [2.45, 2.75) is 44.5 Å². The summed E-state index contributed by atoms with van der Waals surface area (Å²) >= 11 is 0. The van der Waals surface area contributed by atoms with Gasteiger partial charge in [0.25, 0.3) is 10.0 Å². The number of aromatic nitrogens is 1. The SMILES string of the molecule is Cc1nc(NS(=O)(=O)c2ccc(N=C[C@@H]3COC(C)(C)O3)cc2)oc1C. The van der Waals surface area contributed by atoms with E-state index in [4.69, 9.17) is 13.9 Å². The molecule has 0 spiro atoms. The first kappa shape index (κ1) is 18.6. The Hall–Kier alpha value is -2.23. The molecule has 1 saturated heterocycles. The third-order valence-corrected chi connectivity index (χ3v) is 5.15. The van der Waals surface area contributed by atoms with Crippen molar-refractivity contribution >= 4 is 27.9 Å². The molecule has 1 fully saturated rings. The van der Waals surface area contributed by atoms with Crippen LogP contribution in [0.2, 0.25) is 0 Å². The fourth-order valence-electron chi connectivity index (χ4n) is 2.36. The van der Waals surface area contributed by atoms with Gasteiger partial charge >= 0.3 is 6.01 Å². The lowest BCUT2D eigenvalue weighted by atomic mass is 10.3. The van der Waals surface area contributed by atoms with Crippen molar-refractivity contribution in [3.05, 3.63) is 35.7 Å². The van der Waals surface area contributed by atoms with Gasteiger partial charge in [0.2, 0.25) is 0 Å². The molecule has 1 N–H and O–H groups in total. The minimum atomic E-state index is -3.78. The summed E-state index contributed by atoms with van der Waals surface area (Å²) in [7, 11) is -3.78. The summed E-state index contributed by atoms with van der Waals surface area (Å²) < 4.78 is 43.4. The quantitative estimate of drug-likeness (QED) is 0.801. The van der Waals surface area contributed by atoms with Gasteiger partial charge in [-0.25, -0.2) is 13.1 Å². The number of ether oxygens (including phenoxy) is 2. The number of hydrogen-bond donors (Lipinski definition) is 1. The first-order chi connectivity index (χ1) is 12.1. The lowest BCUT2D eigenvalue weighted by Crippen LogP contribution is -2.21. The lowest BCUT2D eigenvalue weighted by Gasteiger charge is -2.15. The maximum atomic E-state index is 12.4. The lowest BCUT2D eigenvalue weighted by molar-refractivity contribution is -0.130. The highest BCUT2D eigenvalue weighted by Crippen LogP contribution is 2.23. The topological polar surface area (TPSA) is 103 Å². The van der Waals surface area contributed by atoms with Gasteiger partial charge in [-0.05, 0) is 52.0 Å². The molecule has 1 aromatic heterocycles. The summed E-state index contributed by atoms with van der Waals surface area (Å²) in [5.41, 5.74) is 1.24. The van der Waals surface area contributed by atoms with E-state index >= 15 is 0 Å². The van der Waals surface area contributed by atoms with Crippen molar-refractivity contribution < 1.29 is 22.3 Å². The second-order valence-electron chi connectivity index (χ2n) is 6.41. The first-order valence-electron chi connectivity index (χ1n) is 8.07. The Kier molecular flexibility index (Phi) is 4.87. The molecule has 1 atom stereocenters. The van der Waals surface area contributed by atoms with Crippen LogP contribution in [0, 0.1) is 13.8 Å². The van der Waals surface area contributed by atoms with Gasteiger partial charge in [-0.2, -0.15) is 4.98 Å². The fourth-order valence-corrected chi connectivity index (χ4v) is 3.29. The van der Waals surface area contributed by atoms with Gasteiger partial charge in [0.05, 0.1) is 22.9 Å². The minimum Gasteiger partial charge on any atom is -0.428 e. The number of rotatable bonds is 5. The number of oxazole rings is 1. The van der Waals surface area contributed by atoms with Gasteiger partial charge in [-0.1, -0.05) is 0 Å². The molecule has 1 aliphatic rings. The predicted octanol–water partition coefficient (Wildman–Crippen LogP) is 2.95. The first-order valence-corrected chi connectivity index (χ1v) is 9.56. The zero-order valence-corrected chi connectivity index (χ0v) is 15.8. The summed E-state index contributed by atoms with van der Waals surface area (Å²) in [6.45, 7) is 7.56. The van der Waals surface area contributed by atoms with Crippen LogP contribution in [-0.2, 0) is 19.5 Å². The Labute approximate surface area is 152 Å². The van der Waals surface area contributed by atoms with Crippen LogP contribution in [0.4, 0.5) is 11.7 Å². The number of aryl methyl sites for hydroxylation is 2. The molecule has 1 aromatic carbocycles. The van der Waals surface area contributed by atoms with Crippen LogP contribution in [-0.4, -0.2) is 38.1 Å². The Morgan fingerprint density at radius 3 is 2.50 bits per heavy atom. The average Bonchev–Trinajstić information content (AvgIpc) is 3.06. The van der Waals surface area contributed by atoms with Crippen molar-refractivity contribution in [2.75, 3.05) is 11.3 Å². The van der Waals surface area contributed by atoms with E-state index in [9.17, 15) is 8.42 Å². The smallest absolute Gasteiger partial charge is 0.309 e. The maximum absolute atomic E-state index is 12.4. The largest absolute Gasteiger partial charge is 0.428 e. The molecule has 1 aliphatic heterocycles. The average molecular weight is 379 g/mol. The van der Waals surface area contributed by atoms with Crippen LogP contribution in [0.1, 0.15) is 25.3 Å². The van der Waals surface area contributed by atoms with Crippen LogP contribution >= 0.6 is 0 Å². The van der Waals surface area contributed by atoms with Gasteiger partial charge < -0.3 is 13.9 Å². The monoisotopic (exact) mass is 379 g/mol. The minimum absolute atomic E-state index is 0.0527. The van der Waals surface area contributed by atoms with Gasteiger partial charge in [0.15, 0.2) is 5.79 Å². The molecule has 0 amide bonds. The third-order valence-electron chi connectivity index (χ3n) is 3.82. The van der Waals surface area contributed by atoms with Gasteiger partial charge in [0.1, 0.15) is 11.9 Å². The summed E-state index contributed by atoms with van der Waals surface area (Å²) in [6.07, 6.45) is 1.42. The summed E-state index contributed by atoms with van der Waals surface area (Å²) in [5.74, 6) is -0.0506. The molecular weight excluding hydrogens is 358 g/mol. The molecular formula is C17H21N3O5S. The molecule has 2 aromatic rings. The molecule has 9 heteroatoms. The second kappa shape index (κ2) is 6.82. The molecule has 2 heterocycles. The van der Waals surface area contributed by atoms with Crippen LogP contribution in [0.3, 0.4) is 0 Å². The molecule has 0 radical (unpaired) electrons. The molecule has 0 saturated carbocycles. The number of hydrogen-bond acceptors (Lipinski definition) is 7. The molecule has 8 nitrogen and oxygen atoms in total. The van der Waals surface area contributed by atoms with Crippen LogP contribution in [0.5, 0.6) is 0 Å². The van der Waals surface area contributed by atoms with Crippen molar-refractivity contribution in [3.63, 3.8) is 0 Å². The molecule has 140 valence electrons. The Morgan fingerprint density at radius 2 is 1.96 bits per heavy atom. The normalized spacial score (nSPS) is 19.9. The molecule has 3 rings (SSSR count). The Morgan fingerprint density at radius 1 is 1.27 bits per heavy atom. The fraction of sp³-hybridized carbons (Fsp3) is 0.412. The zero-order chi connectivity index (χ0) is 18.9. The van der Waals surface area contributed by atoms with Crippen molar-refractivity contribution in [3.8, 4) is 0 Å². The third kappa shape index (κ3) is 4.29. The highest BCUT2D eigenvalue weighted by molar-refractivity contribution is 7.92. The molecule has 0 unspecified atom stereocenters. The highest BCUT2D eigenvalue weighted by Gasteiger charge is 2.31. The number of nitrogens with one attached hydrogen (secondary N) is 1. The highest BCUT2D eigenvalue weighted by atomic mass is 32.2. The number of sulfonamides is 1. The number of benzene rings is 1. The molecule has 0 aliphatic carbocycles. The van der Waals surface area contributed by atoms with E-state index in [1.54, 1.807) is 32.2 Å². The number of aliphatic imine (C=N–C) groups is 1. The standard InChI is InChI=1S/C17H21N3O5S/c1-11-12(2)24-16(19-11)20-26(21,22)15-7-5-13(6-8-15)18-9-14-10-23-17(3,4)25-14/h5-9,14H,10H2,1-4H3,(H,19,20)/t14-/m1/s1. The number of anilines is 1. The van der Waals surface area contributed by atoms with E-state index in [2.05, 4.69) is 14.7 Å². The van der Waals surface area contributed by atoms with Crippen LogP contribution in [0.25, 0.3) is 0 Å². The van der Waals surface area contributed by atoms with Gasteiger partial charge in [0, 0.05) is 6.21 Å². The van der Waals surface area contributed by atoms with E-state index in [-0.39, 0.29) is 17.0 Å². The van der Waals surface area contributed by atoms with Crippen LogP contribution < -0.4 is 4.72 Å². The van der Waals surface area contributed by atoms with E-state index in [0.717, 1.165) is 0 Å². The summed E-state index contributed by atoms with van der Waals surface area (Å²) in [5, 5.41) is 0. The Bertz CT molecular complexity index is 897. The van der Waals surface area contributed by atoms with Gasteiger partial charge in [-0.3, -0.25) is 4.99 Å². The van der Waals surface area contributed by atoms with Gasteiger partial charge in [-0.15, -0.1) is 0 Å². The van der Waals surface area contributed by atoms with E-state index < -0.39 is 15.8 Å². The summed E-state index contributed by atoms with van der Waals surface area (Å²) in [6, 6.07) is 6.10. The van der Waals surface area contributed by atoms with Crippen molar-refractivity contribution in [1.82, 2.24) is 4.98 Å². The summed E-state index contributed by atoms with van der Waals surface area (Å²) in [4.78, 5) is 8.41. The van der Waals surface area contributed by atoms with Crippen molar-refractivity contribution in [1.29, 1.82) is 0 Å². The molecule has 26 heavy (non-hydrogen) atoms. The van der Waals surface area contributed by atoms with E-state index in [1.807, 2.05) is 13.8 Å². The van der Waals surface area contributed by atoms with Crippen LogP contribution in [0.15, 0.2) is 38.6 Å².